The van der Waals surface area contributed by atoms with Crippen LogP contribution in [-0.2, 0) is 14.3 Å². The summed E-state index contributed by atoms with van der Waals surface area (Å²) in [4.78, 5) is 35.3. The van der Waals surface area contributed by atoms with Crippen molar-refractivity contribution in [3.8, 4) is 11.1 Å². The van der Waals surface area contributed by atoms with Crippen molar-refractivity contribution < 1.29 is 37.4 Å². The van der Waals surface area contributed by atoms with Crippen molar-refractivity contribution in [2.75, 3.05) is 13.2 Å². The van der Waals surface area contributed by atoms with Gasteiger partial charge in [0.1, 0.15) is 12.6 Å². The van der Waals surface area contributed by atoms with Crippen LogP contribution in [0.2, 0.25) is 0 Å². The van der Waals surface area contributed by atoms with E-state index in [0.717, 1.165) is 22.3 Å². The van der Waals surface area contributed by atoms with Crippen LogP contribution in [-0.4, -0.2) is 48.4 Å². The van der Waals surface area contributed by atoms with Gasteiger partial charge in [0.25, 0.3) is 0 Å². The standard InChI is InChI=1S/C25H27F3N2O5/c1-2-15(23(33)30-21(25(26,27)28)11-12-22(31)32)13-29-24(34)35-14-20-18-9-5-3-7-16(18)17-8-4-6-10-19(17)20/h3-10,15,20-21H,2,11-14H2,1H3,(H,29,34)(H,30,33)(H,31,32)/t15?,21-/m0/s1. The molecule has 0 saturated carbocycles. The lowest BCUT2D eigenvalue weighted by Crippen LogP contribution is -2.49. The van der Waals surface area contributed by atoms with E-state index in [9.17, 15) is 27.6 Å². The Morgan fingerprint density at radius 2 is 1.60 bits per heavy atom. The number of alkyl halides is 3. The third-order valence-corrected chi connectivity index (χ3v) is 6.06. The molecule has 3 N–H and O–H groups in total. The number of hydrogen-bond acceptors (Lipinski definition) is 4. The Morgan fingerprint density at radius 3 is 2.11 bits per heavy atom. The Kier molecular flexibility index (Phi) is 8.37. The molecule has 0 aromatic heterocycles. The molecule has 3 rings (SSSR count). The molecule has 2 aromatic carbocycles. The monoisotopic (exact) mass is 492 g/mol. The maximum Gasteiger partial charge on any atom is 0.408 e. The number of ether oxygens (including phenoxy) is 1. The number of fused-ring (bicyclic) bond motifs is 3. The number of rotatable bonds is 10. The van der Waals surface area contributed by atoms with Gasteiger partial charge in [-0.25, -0.2) is 4.79 Å². The fraction of sp³-hybridized carbons (Fsp3) is 0.400. The van der Waals surface area contributed by atoms with E-state index in [2.05, 4.69) is 5.32 Å². The van der Waals surface area contributed by atoms with E-state index >= 15 is 0 Å². The van der Waals surface area contributed by atoms with Crippen molar-refractivity contribution in [2.24, 2.45) is 5.92 Å². The van der Waals surface area contributed by atoms with Crippen molar-refractivity contribution in [1.82, 2.24) is 10.6 Å². The Labute approximate surface area is 200 Å². The fourth-order valence-electron chi connectivity index (χ4n) is 4.15. The molecule has 0 heterocycles. The fourth-order valence-corrected chi connectivity index (χ4v) is 4.15. The minimum absolute atomic E-state index is 0.0637. The average molecular weight is 492 g/mol. The van der Waals surface area contributed by atoms with Crippen LogP contribution in [0.1, 0.15) is 43.2 Å². The van der Waals surface area contributed by atoms with Gasteiger partial charge >= 0.3 is 18.2 Å². The minimum atomic E-state index is -4.79. The van der Waals surface area contributed by atoms with Crippen LogP contribution >= 0.6 is 0 Å². The highest BCUT2D eigenvalue weighted by atomic mass is 19.4. The molecular formula is C25H27F3N2O5. The number of alkyl carbamates (subject to hydrolysis) is 1. The van der Waals surface area contributed by atoms with Crippen molar-refractivity contribution in [2.45, 2.75) is 44.3 Å². The van der Waals surface area contributed by atoms with Gasteiger partial charge in [-0.3, -0.25) is 9.59 Å². The zero-order valence-corrected chi connectivity index (χ0v) is 19.1. The maximum absolute atomic E-state index is 13.2. The molecule has 2 amide bonds. The van der Waals surface area contributed by atoms with Gasteiger partial charge in [-0.2, -0.15) is 13.2 Å². The summed E-state index contributed by atoms with van der Waals surface area (Å²) in [5, 5.41) is 13.0. The minimum Gasteiger partial charge on any atom is -0.481 e. The summed E-state index contributed by atoms with van der Waals surface area (Å²) in [6.07, 6.45) is -6.92. The number of amides is 2. The van der Waals surface area contributed by atoms with Crippen LogP contribution in [0.5, 0.6) is 0 Å². The second-order valence-electron chi connectivity index (χ2n) is 8.35. The molecule has 1 unspecified atom stereocenters. The quantitative estimate of drug-likeness (QED) is 0.454. The number of carbonyl (C=O) groups is 3. The Bertz CT molecular complexity index is 1030. The van der Waals surface area contributed by atoms with E-state index < -0.39 is 48.9 Å². The van der Waals surface area contributed by atoms with E-state index in [-0.39, 0.29) is 25.5 Å². The molecule has 188 valence electrons. The molecule has 1 aliphatic carbocycles. The third-order valence-electron chi connectivity index (χ3n) is 6.06. The Hall–Kier alpha value is -3.56. The smallest absolute Gasteiger partial charge is 0.408 e. The largest absolute Gasteiger partial charge is 0.481 e. The first-order valence-electron chi connectivity index (χ1n) is 11.3. The second kappa shape index (κ2) is 11.2. The molecule has 7 nitrogen and oxygen atoms in total. The Morgan fingerprint density at radius 1 is 1.03 bits per heavy atom. The maximum atomic E-state index is 13.2. The first-order chi connectivity index (χ1) is 16.6. The normalized spacial score (nSPS) is 14.4. The molecule has 0 aliphatic heterocycles. The van der Waals surface area contributed by atoms with Crippen LogP contribution < -0.4 is 10.6 Å². The van der Waals surface area contributed by atoms with Gasteiger partial charge in [-0.15, -0.1) is 0 Å². The van der Waals surface area contributed by atoms with Gasteiger partial charge in [0, 0.05) is 18.9 Å². The molecule has 0 bridgehead atoms. The predicted molar refractivity (Wildman–Crippen MR) is 122 cm³/mol. The van der Waals surface area contributed by atoms with Crippen LogP contribution in [0.15, 0.2) is 48.5 Å². The Balaban J connectivity index is 1.55. The lowest BCUT2D eigenvalue weighted by atomic mass is 9.98. The molecule has 1 aliphatic rings. The number of hydrogen-bond donors (Lipinski definition) is 3. The molecule has 0 fully saturated rings. The summed E-state index contributed by atoms with van der Waals surface area (Å²) in [5.74, 6) is -3.40. The number of carboxylic acid groups (broad SMARTS) is 1. The number of benzene rings is 2. The molecule has 35 heavy (non-hydrogen) atoms. The summed E-state index contributed by atoms with van der Waals surface area (Å²) < 4.78 is 44.9. The topological polar surface area (TPSA) is 105 Å². The van der Waals surface area contributed by atoms with Gasteiger partial charge < -0.3 is 20.5 Å². The van der Waals surface area contributed by atoms with Crippen molar-refractivity contribution in [3.05, 3.63) is 59.7 Å². The van der Waals surface area contributed by atoms with Crippen LogP contribution in [0, 0.1) is 5.92 Å². The first-order valence-corrected chi connectivity index (χ1v) is 11.3. The number of halogens is 3. The molecule has 0 saturated heterocycles. The lowest BCUT2D eigenvalue weighted by Gasteiger charge is -2.24. The van der Waals surface area contributed by atoms with Crippen molar-refractivity contribution >= 4 is 18.0 Å². The van der Waals surface area contributed by atoms with E-state index in [1.165, 1.54) is 0 Å². The average Bonchev–Trinajstić information content (AvgIpc) is 3.13. The number of aliphatic carboxylic acids is 1. The molecule has 2 atom stereocenters. The van der Waals surface area contributed by atoms with Gasteiger partial charge in [0.2, 0.25) is 5.91 Å². The molecule has 2 aromatic rings. The van der Waals surface area contributed by atoms with Gasteiger partial charge in [-0.05, 0) is 35.1 Å². The van der Waals surface area contributed by atoms with Crippen LogP contribution in [0.4, 0.5) is 18.0 Å². The molecular weight excluding hydrogens is 465 g/mol. The lowest BCUT2D eigenvalue weighted by molar-refractivity contribution is -0.165. The second-order valence-corrected chi connectivity index (χ2v) is 8.35. The summed E-state index contributed by atoms with van der Waals surface area (Å²) in [6, 6.07) is 13.4. The SMILES string of the molecule is CCC(CNC(=O)OCC1c2ccccc2-c2ccccc21)C(=O)N[C@@H](CCC(=O)O)C(F)(F)F. The van der Waals surface area contributed by atoms with Crippen molar-refractivity contribution in [3.63, 3.8) is 0 Å². The van der Waals surface area contributed by atoms with E-state index in [0.29, 0.717) is 0 Å². The molecule has 0 radical (unpaired) electrons. The van der Waals surface area contributed by atoms with Crippen LogP contribution in [0.25, 0.3) is 11.1 Å². The molecule has 10 heteroatoms. The van der Waals surface area contributed by atoms with E-state index in [4.69, 9.17) is 9.84 Å². The highest BCUT2D eigenvalue weighted by Gasteiger charge is 2.41. The van der Waals surface area contributed by atoms with Gasteiger partial charge in [0.15, 0.2) is 0 Å². The van der Waals surface area contributed by atoms with Crippen LogP contribution in [0.3, 0.4) is 0 Å². The highest BCUT2D eigenvalue weighted by molar-refractivity contribution is 5.80. The molecule has 0 spiro atoms. The highest BCUT2D eigenvalue weighted by Crippen LogP contribution is 2.44. The zero-order valence-electron chi connectivity index (χ0n) is 19.1. The first kappa shape index (κ1) is 26.1. The van der Waals surface area contributed by atoms with Crippen molar-refractivity contribution in [1.29, 1.82) is 0 Å². The number of nitrogens with one attached hydrogen (secondary N) is 2. The summed E-state index contributed by atoms with van der Waals surface area (Å²) >= 11 is 0. The summed E-state index contributed by atoms with van der Waals surface area (Å²) in [5.41, 5.74) is 4.21. The summed E-state index contributed by atoms with van der Waals surface area (Å²) in [6.45, 7) is 1.44. The summed E-state index contributed by atoms with van der Waals surface area (Å²) in [7, 11) is 0. The van der Waals surface area contributed by atoms with Gasteiger partial charge in [0.05, 0.1) is 5.92 Å². The van der Waals surface area contributed by atoms with E-state index in [1.54, 1.807) is 6.92 Å². The van der Waals surface area contributed by atoms with Gasteiger partial charge in [-0.1, -0.05) is 55.5 Å². The predicted octanol–water partition coefficient (Wildman–Crippen LogP) is 4.46. The third kappa shape index (κ3) is 6.52. The zero-order chi connectivity index (χ0) is 25.6. The number of carboxylic acids is 1. The van der Waals surface area contributed by atoms with E-state index in [1.807, 2.05) is 53.8 Å². The number of carbonyl (C=O) groups excluding carboxylic acids is 2.